The zero-order chi connectivity index (χ0) is 18.6. The van der Waals surface area contributed by atoms with E-state index < -0.39 is 0 Å². The fraction of sp³-hybridized carbons (Fsp3) is 0.368. The second kappa shape index (κ2) is 7.81. The number of hydrogen-bond acceptors (Lipinski definition) is 7. The number of carbonyl (C=O) groups is 1. The van der Waals surface area contributed by atoms with Gasteiger partial charge in [0.1, 0.15) is 11.5 Å². The molecule has 0 atom stereocenters. The molecule has 1 fully saturated rings. The van der Waals surface area contributed by atoms with Crippen LogP contribution in [0.3, 0.4) is 0 Å². The van der Waals surface area contributed by atoms with Crippen LogP contribution in [0.1, 0.15) is 12.3 Å². The number of carbonyl (C=O) groups excluding carboxylic acids is 1. The quantitative estimate of drug-likeness (QED) is 0.739. The molecule has 8 nitrogen and oxygen atoms in total. The van der Waals surface area contributed by atoms with Crippen LogP contribution in [0.25, 0.3) is 22.4 Å². The van der Waals surface area contributed by atoms with E-state index in [1.165, 1.54) is 0 Å². The van der Waals surface area contributed by atoms with E-state index in [1.807, 2.05) is 12.1 Å². The van der Waals surface area contributed by atoms with Crippen molar-refractivity contribution in [1.82, 2.24) is 19.9 Å². The van der Waals surface area contributed by atoms with Gasteiger partial charge in [-0.3, -0.25) is 9.69 Å². The summed E-state index contributed by atoms with van der Waals surface area (Å²) in [5.41, 5.74) is 1.43. The zero-order valence-corrected chi connectivity index (χ0v) is 15.1. The monoisotopic (exact) mass is 367 g/mol. The van der Waals surface area contributed by atoms with Crippen molar-refractivity contribution < 1.29 is 13.9 Å². The van der Waals surface area contributed by atoms with Crippen LogP contribution >= 0.6 is 0 Å². The number of ether oxygens (including phenoxy) is 1. The largest absolute Gasteiger partial charge is 0.439 e. The molecule has 1 amide bonds. The van der Waals surface area contributed by atoms with Gasteiger partial charge in [0.05, 0.1) is 24.9 Å². The second-order valence-corrected chi connectivity index (χ2v) is 6.45. The van der Waals surface area contributed by atoms with E-state index in [1.54, 1.807) is 25.4 Å². The van der Waals surface area contributed by atoms with Crippen molar-refractivity contribution in [2.45, 2.75) is 13.3 Å². The van der Waals surface area contributed by atoms with Crippen LogP contribution in [0.5, 0.6) is 0 Å². The standard InChI is InChI=1S/C19H21N5O3/c1-13-20-12-17(27-13)15-3-2-14-11-21-18(10-16(14)22-15)23-19(25)4-5-24-6-8-26-9-7-24/h2-3,10-12H,4-9H2,1H3,(H,21,23,25). The SMILES string of the molecule is Cc1ncc(-c2ccc3cnc(NC(=O)CCN4CCOCC4)cc3n2)o1. The lowest BCUT2D eigenvalue weighted by molar-refractivity contribution is -0.116. The molecule has 0 saturated carbocycles. The highest BCUT2D eigenvalue weighted by Crippen LogP contribution is 2.22. The van der Waals surface area contributed by atoms with E-state index in [4.69, 9.17) is 9.15 Å². The molecule has 0 aliphatic carbocycles. The molecule has 8 heteroatoms. The third-order valence-electron chi connectivity index (χ3n) is 4.47. The van der Waals surface area contributed by atoms with Gasteiger partial charge in [-0.15, -0.1) is 0 Å². The molecule has 1 N–H and O–H groups in total. The fourth-order valence-electron chi connectivity index (χ4n) is 2.99. The summed E-state index contributed by atoms with van der Waals surface area (Å²) in [6, 6.07) is 5.56. The summed E-state index contributed by atoms with van der Waals surface area (Å²) in [7, 11) is 0. The number of anilines is 1. The van der Waals surface area contributed by atoms with E-state index in [2.05, 4.69) is 25.2 Å². The van der Waals surface area contributed by atoms with Gasteiger partial charge >= 0.3 is 0 Å². The van der Waals surface area contributed by atoms with E-state index in [0.29, 0.717) is 29.6 Å². The molecule has 4 heterocycles. The maximum absolute atomic E-state index is 12.2. The first-order valence-corrected chi connectivity index (χ1v) is 8.97. The highest BCUT2D eigenvalue weighted by molar-refractivity contribution is 5.92. The van der Waals surface area contributed by atoms with Crippen molar-refractivity contribution >= 4 is 22.6 Å². The highest BCUT2D eigenvalue weighted by Gasteiger charge is 2.13. The van der Waals surface area contributed by atoms with Crippen LogP contribution in [0, 0.1) is 6.92 Å². The predicted molar refractivity (Wildman–Crippen MR) is 100 cm³/mol. The van der Waals surface area contributed by atoms with Gasteiger partial charge < -0.3 is 14.5 Å². The predicted octanol–water partition coefficient (Wildman–Crippen LogP) is 2.25. The Kier molecular flexibility index (Phi) is 5.08. The molecule has 3 aromatic rings. The number of nitrogens with one attached hydrogen (secondary N) is 1. The Bertz CT molecular complexity index is 949. The Hall–Kier alpha value is -2.84. The normalized spacial score (nSPS) is 15.1. The van der Waals surface area contributed by atoms with Gasteiger partial charge in [0.25, 0.3) is 0 Å². The van der Waals surface area contributed by atoms with Gasteiger partial charge in [-0.2, -0.15) is 0 Å². The Labute approximate surface area is 156 Å². The molecule has 0 aromatic carbocycles. The molecule has 0 unspecified atom stereocenters. The average molecular weight is 367 g/mol. The molecular weight excluding hydrogens is 346 g/mol. The molecule has 0 bridgehead atoms. The Morgan fingerprint density at radius 3 is 2.85 bits per heavy atom. The third-order valence-corrected chi connectivity index (χ3v) is 4.47. The van der Waals surface area contributed by atoms with Gasteiger partial charge in [0.2, 0.25) is 5.91 Å². The highest BCUT2D eigenvalue weighted by atomic mass is 16.5. The summed E-state index contributed by atoms with van der Waals surface area (Å²) < 4.78 is 10.8. The maximum atomic E-state index is 12.2. The Morgan fingerprint density at radius 2 is 2.07 bits per heavy atom. The summed E-state index contributed by atoms with van der Waals surface area (Å²) in [5.74, 6) is 1.64. The van der Waals surface area contributed by atoms with E-state index in [0.717, 1.165) is 43.8 Å². The lowest BCUT2D eigenvalue weighted by Crippen LogP contribution is -2.38. The summed E-state index contributed by atoms with van der Waals surface area (Å²) in [4.78, 5) is 27.5. The Balaban J connectivity index is 1.44. The number of oxazole rings is 1. The van der Waals surface area contributed by atoms with Crippen molar-refractivity contribution in [3.8, 4) is 11.5 Å². The molecular formula is C19H21N5O3. The van der Waals surface area contributed by atoms with Crippen LogP contribution in [0.4, 0.5) is 5.82 Å². The first kappa shape index (κ1) is 17.6. The van der Waals surface area contributed by atoms with Crippen LogP contribution in [0.15, 0.2) is 35.0 Å². The topological polar surface area (TPSA) is 93.4 Å². The maximum Gasteiger partial charge on any atom is 0.226 e. The molecule has 4 rings (SSSR count). The van der Waals surface area contributed by atoms with Gasteiger partial charge in [-0.1, -0.05) is 0 Å². The van der Waals surface area contributed by atoms with Crippen LogP contribution < -0.4 is 5.32 Å². The number of pyridine rings is 2. The van der Waals surface area contributed by atoms with E-state index in [9.17, 15) is 4.79 Å². The van der Waals surface area contributed by atoms with Crippen LogP contribution in [-0.2, 0) is 9.53 Å². The number of hydrogen-bond donors (Lipinski definition) is 1. The van der Waals surface area contributed by atoms with Gasteiger partial charge in [-0.05, 0) is 12.1 Å². The lowest BCUT2D eigenvalue weighted by Gasteiger charge is -2.26. The molecule has 0 spiro atoms. The van der Waals surface area contributed by atoms with Crippen molar-refractivity contribution in [2.75, 3.05) is 38.2 Å². The fourth-order valence-corrected chi connectivity index (χ4v) is 2.99. The smallest absolute Gasteiger partial charge is 0.226 e. The number of fused-ring (bicyclic) bond motifs is 1. The number of aromatic nitrogens is 3. The molecule has 1 saturated heterocycles. The van der Waals surface area contributed by atoms with Crippen LogP contribution in [-0.4, -0.2) is 58.6 Å². The van der Waals surface area contributed by atoms with E-state index in [-0.39, 0.29) is 5.91 Å². The first-order valence-electron chi connectivity index (χ1n) is 8.97. The second-order valence-electron chi connectivity index (χ2n) is 6.45. The van der Waals surface area contributed by atoms with Crippen molar-refractivity contribution in [3.63, 3.8) is 0 Å². The van der Waals surface area contributed by atoms with Gasteiger partial charge in [0.15, 0.2) is 11.7 Å². The van der Waals surface area contributed by atoms with Gasteiger partial charge in [-0.25, -0.2) is 15.0 Å². The zero-order valence-electron chi connectivity index (χ0n) is 15.1. The minimum atomic E-state index is -0.0599. The average Bonchev–Trinajstić information content (AvgIpc) is 3.13. The Morgan fingerprint density at radius 1 is 1.22 bits per heavy atom. The van der Waals surface area contributed by atoms with Crippen molar-refractivity contribution in [3.05, 3.63) is 36.5 Å². The summed E-state index contributed by atoms with van der Waals surface area (Å²) in [6.07, 6.45) is 3.78. The molecule has 3 aromatic heterocycles. The number of rotatable bonds is 5. The third kappa shape index (κ3) is 4.29. The lowest BCUT2D eigenvalue weighted by atomic mass is 10.2. The summed E-state index contributed by atoms with van der Waals surface area (Å²) >= 11 is 0. The number of aryl methyl sites for hydroxylation is 1. The minimum Gasteiger partial charge on any atom is -0.439 e. The first-order chi connectivity index (χ1) is 13.2. The minimum absolute atomic E-state index is 0.0599. The molecule has 27 heavy (non-hydrogen) atoms. The molecule has 1 aliphatic rings. The van der Waals surface area contributed by atoms with Crippen LogP contribution in [0.2, 0.25) is 0 Å². The van der Waals surface area contributed by atoms with Gasteiger partial charge in [0, 0.05) is 50.6 Å². The molecule has 0 radical (unpaired) electrons. The van der Waals surface area contributed by atoms with Crippen molar-refractivity contribution in [1.29, 1.82) is 0 Å². The number of nitrogens with zero attached hydrogens (tertiary/aromatic N) is 4. The van der Waals surface area contributed by atoms with Crippen molar-refractivity contribution in [2.24, 2.45) is 0 Å². The van der Waals surface area contributed by atoms with E-state index >= 15 is 0 Å². The number of amides is 1. The summed E-state index contributed by atoms with van der Waals surface area (Å²) in [6.45, 7) is 5.71. The summed E-state index contributed by atoms with van der Waals surface area (Å²) in [5, 5.41) is 3.74. The molecule has 140 valence electrons. The number of morpholine rings is 1. The molecule has 1 aliphatic heterocycles.